The first kappa shape index (κ1) is 16.9. The van der Waals surface area contributed by atoms with Crippen LogP contribution in [-0.2, 0) is 4.74 Å². The number of nitrogens with zero attached hydrogens (tertiary/aromatic N) is 2. The minimum absolute atomic E-state index is 0.756. The van der Waals surface area contributed by atoms with E-state index in [2.05, 4.69) is 36.0 Å². The quantitative estimate of drug-likeness (QED) is 0.645. The van der Waals surface area contributed by atoms with E-state index in [0.717, 1.165) is 38.1 Å². The van der Waals surface area contributed by atoms with Crippen LogP contribution in [0, 0.1) is 11.8 Å². The third kappa shape index (κ3) is 7.88. The number of hydrogen-bond donors (Lipinski definition) is 1. The van der Waals surface area contributed by atoms with Crippen molar-refractivity contribution in [1.82, 2.24) is 15.1 Å². The molecule has 1 unspecified atom stereocenters. The van der Waals surface area contributed by atoms with Crippen LogP contribution in [-0.4, -0.2) is 76.4 Å². The third-order valence-corrected chi connectivity index (χ3v) is 3.83. The van der Waals surface area contributed by atoms with Crippen LogP contribution in [0.5, 0.6) is 0 Å². The maximum Gasteiger partial charge on any atom is 0.0589 e. The van der Waals surface area contributed by atoms with E-state index in [4.69, 9.17) is 4.74 Å². The van der Waals surface area contributed by atoms with Gasteiger partial charge in [0.25, 0.3) is 0 Å². The van der Waals surface area contributed by atoms with Gasteiger partial charge < -0.3 is 19.9 Å². The highest BCUT2D eigenvalue weighted by molar-refractivity contribution is 4.77. The van der Waals surface area contributed by atoms with Crippen LogP contribution >= 0.6 is 0 Å². The molecule has 19 heavy (non-hydrogen) atoms. The zero-order valence-corrected chi connectivity index (χ0v) is 13.3. The Balaban J connectivity index is 2.04. The highest BCUT2D eigenvalue weighted by atomic mass is 16.5. The summed E-state index contributed by atoms with van der Waals surface area (Å²) in [6.07, 6.45) is 1.35. The summed E-state index contributed by atoms with van der Waals surface area (Å²) in [4.78, 5) is 4.96. The molecule has 114 valence electrons. The van der Waals surface area contributed by atoms with E-state index in [9.17, 15) is 0 Å². The molecular formula is C15H33N3O. The van der Waals surface area contributed by atoms with Crippen molar-refractivity contribution in [2.24, 2.45) is 11.8 Å². The average Bonchev–Trinajstić information content (AvgIpc) is 2.81. The molecule has 1 atom stereocenters. The van der Waals surface area contributed by atoms with Gasteiger partial charge in [0, 0.05) is 33.3 Å². The summed E-state index contributed by atoms with van der Waals surface area (Å²) in [5.74, 6) is 1.61. The SMILES string of the molecule is COCCN(C)CCN1CCC(CNCC(C)C)C1. The van der Waals surface area contributed by atoms with Gasteiger partial charge in [-0.2, -0.15) is 0 Å². The highest BCUT2D eigenvalue weighted by Crippen LogP contribution is 2.14. The summed E-state index contributed by atoms with van der Waals surface area (Å²) in [6.45, 7) is 13.6. The molecule has 0 aromatic heterocycles. The van der Waals surface area contributed by atoms with Crippen LogP contribution in [0.1, 0.15) is 20.3 Å². The summed E-state index contributed by atoms with van der Waals surface area (Å²) in [5, 5.41) is 3.59. The van der Waals surface area contributed by atoms with Crippen LogP contribution in [0.3, 0.4) is 0 Å². The van der Waals surface area contributed by atoms with Crippen LogP contribution < -0.4 is 5.32 Å². The maximum atomic E-state index is 5.10. The molecule has 0 aromatic rings. The van der Waals surface area contributed by atoms with Gasteiger partial charge in [-0.1, -0.05) is 13.8 Å². The first-order valence-corrected chi connectivity index (χ1v) is 7.72. The van der Waals surface area contributed by atoms with Gasteiger partial charge in [0.05, 0.1) is 6.61 Å². The third-order valence-electron chi connectivity index (χ3n) is 3.83. The van der Waals surface area contributed by atoms with Crippen LogP contribution in [0.4, 0.5) is 0 Å². The summed E-state index contributed by atoms with van der Waals surface area (Å²) in [7, 11) is 3.94. The Hall–Kier alpha value is -0.160. The lowest BCUT2D eigenvalue weighted by Crippen LogP contribution is -2.34. The number of methoxy groups -OCH3 is 1. The van der Waals surface area contributed by atoms with Crippen molar-refractivity contribution in [3.8, 4) is 0 Å². The van der Waals surface area contributed by atoms with Crippen molar-refractivity contribution in [2.45, 2.75) is 20.3 Å². The lowest BCUT2D eigenvalue weighted by molar-refractivity contribution is 0.154. The van der Waals surface area contributed by atoms with Crippen molar-refractivity contribution in [3.63, 3.8) is 0 Å². The summed E-state index contributed by atoms with van der Waals surface area (Å²) < 4.78 is 5.10. The molecule has 1 aliphatic rings. The number of likely N-dealkylation sites (N-methyl/N-ethyl adjacent to an activating group) is 1. The molecule has 0 radical (unpaired) electrons. The maximum absolute atomic E-state index is 5.10. The van der Waals surface area contributed by atoms with Gasteiger partial charge in [-0.25, -0.2) is 0 Å². The molecule has 4 nitrogen and oxygen atoms in total. The first-order chi connectivity index (χ1) is 9.11. The van der Waals surface area contributed by atoms with E-state index in [0.29, 0.717) is 0 Å². The van der Waals surface area contributed by atoms with Crippen LogP contribution in [0.15, 0.2) is 0 Å². The van der Waals surface area contributed by atoms with Crippen molar-refractivity contribution in [1.29, 1.82) is 0 Å². The van der Waals surface area contributed by atoms with Crippen LogP contribution in [0.25, 0.3) is 0 Å². The molecule has 0 spiro atoms. The Morgan fingerprint density at radius 2 is 2.16 bits per heavy atom. The summed E-state index contributed by atoms with van der Waals surface area (Å²) in [6, 6.07) is 0. The van der Waals surface area contributed by atoms with Gasteiger partial charge >= 0.3 is 0 Å². The molecule has 0 aliphatic carbocycles. The van der Waals surface area contributed by atoms with E-state index < -0.39 is 0 Å². The van der Waals surface area contributed by atoms with E-state index in [1.165, 1.54) is 32.6 Å². The van der Waals surface area contributed by atoms with Gasteiger partial charge in [0.1, 0.15) is 0 Å². The highest BCUT2D eigenvalue weighted by Gasteiger charge is 2.21. The zero-order chi connectivity index (χ0) is 14.1. The molecule has 1 rings (SSSR count). The average molecular weight is 271 g/mol. The number of rotatable bonds is 10. The Morgan fingerprint density at radius 3 is 2.84 bits per heavy atom. The second-order valence-corrected chi connectivity index (χ2v) is 6.30. The molecule has 1 N–H and O–H groups in total. The topological polar surface area (TPSA) is 27.7 Å². The summed E-state index contributed by atoms with van der Waals surface area (Å²) >= 11 is 0. The summed E-state index contributed by atoms with van der Waals surface area (Å²) in [5.41, 5.74) is 0. The molecule has 0 amide bonds. The van der Waals surface area contributed by atoms with Crippen molar-refractivity contribution in [2.75, 3.05) is 66.6 Å². The van der Waals surface area contributed by atoms with Gasteiger partial charge in [0.15, 0.2) is 0 Å². The second-order valence-electron chi connectivity index (χ2n) is 6.30. The Kier molecular flexibility index (Phi) is 8.62. The molecule has 1 saturated heterocycles. The fourth-order valence-corrected chi connectivity index (χ4v) is 2.53. The van der Waals surface area contributed by atoms with Gasteiger partial charge in [-0.05, 0) is 44.9 Å². The predicted molar refractivity (Wildman–Crippen MR) is 81.6 cm³/mol. The predicted octanol–water partition coefficient (Wildman–Crippen LogP) is 1.13. The van der Waals surface area contributed by atoms with Crippen LogP contribution in [0.2, 0.25) is 0 Å². The fraction of sp³-hybridized carbons (Fsp3) is 1.00. The molecule has 0 saturated carbocycles. The normalized spacial score (nSPS) is 20.8. The smallest absolute Gasteiger partial charge is 0.0589 e. The van der Waals surface area contributed by atoms with Crippen molar-refractivity contribution < 1.29 is 4.74 Å². The fourth-order valence-electron chi connectivity index (χ4n) is 2.53. The van der Waals surface area contributed by atoms with Gasteiger partial charge in [-0.15, -0.1) is 0 Å². The molecular weight excluding hydrogens is 238 g/mol. The van der Waals surface area contributed by atoms with Gasteiger partial charge in [-0.3, -0.25) is 0 Å². The minimum atomic E-state index is 0.756. The Morgan fingerprint density at radius 1 is 1.37 bits per heavy atom. The Labute approximate surface area is 119 Å². The number of ether oxygens (including phenoxy) is 1. The largest absolute Gasteiger partial charge is 0.383 e. The molecule has 0 aromatic carbocycles. The number of nitrogens with one attached hydrogen (secondary N) is 1. The van der Waals surface area contributed by atoms with E-state index in [1.54, 1.807) is 7.11 Å². The number of likely N-dealkylation sites (tertiary alicyclic amines) is 1. The molecule has 1 aliphatic heterocycles. The molecule has 1 heterocycles. The molecule has 0 bridgehead atoms. The van der Waals surface area contributed by atoms with E-state index >= 15 is 0 Å². The second kappa shape index (κ2) is 9.70. The minimum Gasteiger partial charge on any atom is -0.383 e. The van der Waals surface area contributed by atoms with E-state index in [-0.39, 0.29) is 0 Å². The lowest BCUT2D eigenvalue weighted by Gasteiger charge is -2.21. The van der Waals surface area contributed by atoms with Crippen molar-refractivity contribution in [3.05, 3.63) is 0 Å². The van der Waals surface area contributed by atoms with Crippen molar-refractivity contribution >= 4 is 0 Å². The lowest BCUT2D eigenvalue weighted by atomic mass is 10.1. The van der Waals surface area contributed by atoms with E-state index in [1.807, 2.05) is 0 Å². The standard InChI is InChI=1S/C15H33N3O/c1-14(2)11-16-12-15-5-6-18(13-15)8-7-17(3)9-10-19-4/h14-16H,5-13H2,1-4H3. The van der Waals surface area contributed by atoms with Gasteiger partial charge in [0.2, 0.25) is 0 Å². The number of hydrogen-bond acceptors (Lipinski definition) is 4. The zero-order valence-electron chi connectivity index (χ0n) is 13.3. The Bertz CT molecular complexity index is 223. The monoisotopic (exact) mass is 271 g/mol. The first-order valence-electron chi connectivity index (χ1n) is 7.72. The molecule has 4 heteroatoms. The molecule has 1 fully saturated rings.